The third-order valence-electron chi connectivity index (χ3n) is 7.34. The van der Waals surface area contributed by atoms with Crippen LogP contribution in [0.5, 0.6) is 0 Å². The van der Waals surface area contributed by atoms with Gasteiger partial charge < -0.3 is 14.8 Å². The fourth-order valence-electron chi connectivity index (χ4n) is 5.23. The largest absolute Gasteiger partial charge is 0.444 e. The summed E-state index contributed by atoms with van der Waals surface area (Å²) in [6.07, 6.45) is 8.16. The molecule has 1 aromatic carbocycles. The van der Waals surface area contributed by atoms with E-state index >= 15 is 0 Å². The molecule has 0 unspecified atom stereocenters. The van der Waals surface area contributed by atoms with E-state index < -0.39 is 33.7 Å². The second kappa shape index (κ2) is 13.6. The lowest BCUT2D eigenvalue weighted by atomic mass is 9.83. The van der Waals surface area contributed by atoms with Crippen molar-refractivity contribution in [2.45, 2.75) is 64.8 Å². The molecule has 1 fully saturated rings. The molecule has 1 aliphatic carbocycles. The first-order valence-electron chi connectivity index (χ1n) is 14.3. The Hall–Kier alpha value is -3.84. The fraction of sp³-hybridized carbons (Fsp3) is 0.500. The zero-order chi connectivity index (χ0) is 31.2. The lowest BCUT2D eigenvalue weighted by Gasteiger charge is -2.25. The van der Waals surface area contributed by atoms with Crippen LogP contribution >= 0.6 is 0 Å². The van der Waals surface area contributed by atoms with Crippen LogP contribution < -0.4 is 10.0 Å². The molecule has 13 heteroatoms. The van der Waals surface area contributed by atoms with Crippen molar-refractivity contribution >= 4 is 45.2 Å². The zero-order valence-electron chi connectivity index (χ0n) is 25.3. The molecule has 43 heavy (non-hydrogen) atoms. The summed E-state index contributed by atoms with van der Waals surface area (Å²) in [6, 6.07) is 9.65. The molecule has 1 amide bonds. The van der Waals surface area contributed by atoms with Crippen LogP contribution in [0, 0.1) is 11.8 Å². The zero-order valence-corrected chi connectivity index (χ0v) is 26.1. The molecular formula is C30H41N6O6S+. The van der Waals surface area contributed by atoms with Gasteiger partial charge in [0.05, 0.1) is 19.0 Å². The smallest absolute Gasteiger partial charge is 0.408 e. The van der Waals surface area contributed by atoms with Crippen LogP contribution in [0.15, 0.2) is 48.9 Å². The molecule has 1 aliphatic rings. The van der Waals surface area contributed by atoms with Crippen molar-refractivity contribution in [1.29, 1.82) is 0 Å². The average molecular weight is 614 g/mol. The number of hydrogen-bond donors (Lipinski definition) is 2. The molecule has 0 bridgehead atoms. The number of aromatic nitrogens is 3. The van der Waals surface area contributed by atoms with Gasteiger partial charge in [-0.2, -0.15) is 4.98 Å². The summed E-state index contributed by atoms with van der Waals surface area (Å²) >= 11 is 0. The first kappa shape index (κ1) is 32.1. The predicted molar refractivity (Wildman–Crippen MR) is 162 cm³/mol. The number of fused-ring (bicyclic) bond motifs is 1. The third-order valence-corrected chi connectivity index (χ3v) is 8.87. The number of amides is 1. The van der Waals surface area contributed by atoms with Gasteiger partial charge in [0.15, 0.2) is 18.4 Å². The molecule has 232 valence electrons. The summed E-state index contributed by atoms with van der Waals surface area (Å²) in [4.78, 5) is 34.6. The molecule has 12 nitrogen and oxygen atoms in total. The van der Waals surface area contributed by atoms with Crippen LogP contribution in [-0.4, -0.2) is 71.3 Å². The van der Waals surface area contributed by atoms with Crippen molar-refractivity contribution in [2.24, 2.45) is 11.8 Å². The molecule has 4 rings (SSSR count). The van der Waals surface area contributed by atoms with Crippen LogP contribution in [0.4, 0.5) is 10.6 Å². The first-order valence-corrected chi connectivity index (χ1v) is 16.0. The number of alkyl carbamates (subject to hydrolysis) is 1. The maximum atomic E-state index is 13.2. The van der Waals surface area contributed by atoms with Crippen LogP contribution in [0.2, 0.25) is 0 Å². The number of benzene rings is 1. The number of carbonyl (C=O) groups is 2. The summed E-state index contributed by atoms with van der Waals surface area (Å²) in [5, 5.41) is 3.41. The maximum absolute atomic E-state index is 13.2. The standard InChI is InChI=1S/C30H40N6O6S/c1-30(2,3)42-29(38)34-25(23-9-7-6-8-10-23)28(37)41-20-36-16-15-24-26(32-19-33-27(24)36)35(5)17-21-11-13-22(14-12-21)18-43(39,40)31-4/h6-10,15-17,19,21-22,25,31H,11-14,18,20H2,1-5H3/p+1/t21?,22?,25-/m0/s1. The molecule has 2 aromatic heterocycles. The van der Waals surface area contributed by atoms with Crippen molar-refractivity contribution in [1.82, 2.24) is 24.6 Å². The van der Waals surface area contributed by atoms with Gasteiger partial charge in [-0.3, -0.25) is 4.57 Å². The quantitative estimate of drug-likeness (QED) is 0.199. The van der Waals surface area contributed by atoms with E-state index in [1.165, 1.54) is 13.4 Å². The van der Waals surface area contributed by atoms with Gasteiger partial charge >= 0.3 is 17.9 Å². The van der Waals surface area contributed by atoms with Gasteiger partial charge in [0.25, 0.3) is 0 Å². The summed E-state index contributed by atoms with van der Waals surface area (Å²) < 4.78 is 40.9. The molecule has 1 atom stereocenters. The van der Waals surface area contributed by atoms with Crippen molar-refractivity contribution < 1.29 is 32.1 Å². The Labute approximate surface area is 252 Å². The molecule has 2 N–H and O–H groups in total. The minimum atomic E-state index is -3.21. The highest BCUT2D eigenvalue weighted by molar-refractivity contribution is 7.89. The highest BCUT2D eigenvalue weighted by Crippen LogP contribution is 2.30. The summed E-state index contributed by atoms with van der Waals surface area (Å²) in [5.41, 5.74) is 0.432. The lowest BCUT2D eigenvalue weighted by Crippen LogP contribution is -2.38. The predicted octanol–water partition coefficient (Wildman–Crippen LogP) is 3.90. The maximum Gasteiger partial charge on any atom is 0.408 e. The third kappa shape index (κ3) is 8.83. The van der Waals surface area contributed by atoms with E-state index in [-0.39, 0.29) is 18.4 Å². The molecule has 2 heterocycles. The van der Waals surface area contributed by atoms with Gasteiger partial charge in [0, 0.05) is 12.1 Å². The minimum Gasteiger partial charge on any atom is -0.444 e. The Morgan fingerprint density at radius 2 is 1.81 bits per heavy atom. The van der Waals surface area contributed by atoms with E-state index in [1.807, 2.05) is 23.8 Å². The number of esters is 1. The van der Waals surface area contributed by atoms with E-state index in [0.29, 0.717) is 22.9 Å². The van der Waals surface area contributed by atoms with Gasteiger partial charge in [0.2, 0.25) is 16.4 Å². The Morgan fingerprint density at radius 1 is 1.12 bits per heavy atom. The normalized spacial score (nSPS) is 18.7. The topological polar surface area (TPSA) is 145 Å². The first-order chi connectivity index (χ1) is 20.3. The highest BCUT2D eigenvalue weighted by atomic mass is 32.2. The number of rotatable bonds is 10. The average Bonchev–Trinajstić information content (AvgIpc) is 3.38. The minimum absolute atomic E-state index is 0.120. The van der Waals surface area contributed by atoms with Gasteiger partial charge in [-0.1, -0.05) is 30.3 Å². The highest BCUT2D eigenvalue weighted by Gasteiger charge is 2.28. The van der Waals surface area contributed by atoms with Crippen LogP contribution in [0.1, 0.15) is 58.1 Å². The van der Waals surface area contributed by atoms with Crippen molar-refractivity contribution in [3.63, 3.8) is 0 Å². The Morgan fingerprint density at radius 3 is 2.47 bits per heavy atom. The SMILES string of the molecule is CNS(=O)(=O)CC1CCC(C=[N+](C)c2ncnc3c2ccn3COC(=O)[C@@H](NC(=O)OC(C)(C)C)c2ccccc2)CC1. The number of nitrogens with zero attached hydrogens (tertiary/aromatic N) is 4. The van der Waals surface area contributed by atoms with Gasteiger partial charge in [-0.05, 0) is 76.0 Å². The van der Waals surface area contributed by atoms with Crippen molar-refractivity contribution in [3.05, 3.63) is 54.5 Å². The van der Waals surface area contributed by atoms with Gasteiger partial charge in [-0.15, -0.1) is 0 Å². The summed E-state index contributed by atoms with van der Waals surface area (Å²) in [5.74, 6) is 0.704. The molecule has 0 saturated heterocycles. The van der Waals surface area contributed by atoms with Crippen molar-refractivity contribution in [2.75, 3.05) is 19.8 Å². The van der Waals surface area contributed by atoms with E-state index in [9.17, 15) is 18.0 Å². The van der Waals surface area contributed by atoms with Crippen LogP contribution in [-0.2, 0) is 31.0 Å². The monoisotopic (exact) mass is 613 g/mol. The van der Waals surface area contributed by atoms with Crippen LogP contribution in [0.25, 0.3) is 11.0 Å². The number of sulfonamides is 1. The number of nitrogens with one attached hydrogen (secondary N) is 2. The fourth-order valence-corrected chi connectivity index (χ4v) is 6.35. The number of carbonyl (C=O) groups excluding carboxylic acids is 2. The van der Waals surface area contributed by atoms with E-state index in [1.54, 1.807) is 55.8 Å². The second-order valence-electron chi connectivity index (χ2n) is 11.8. The molecular weight excluding hydrogens is 572 g/mol. The van der Waals surface area contributed by atoms with E-state index in [4.69, 9.17) is 9.47 Å². The number of ether oxygens (including phenoxy) is 2. The molecule has 0 radical (unpaired) electrons. The van der Waals surface area contributed by atoms with E-state index in [0.717, 1.165) is 31.1 Å². The summed E-state index contributed by atoms with van der Waals surface area (Å²) in [6.45, 7) is 5.12. The summed E-state index contributed by atoms with van der Waals surface area (Å²) in [7, 11) is 0.176. The molecule has 0 aliphatic heterocycles. The Balaban J connectivity index is 1.44. The second-order valence-corrected chi connectivity index (χ2v) is 13.8. The van der Waals surface area contributed by atoms with E-state index in [2.05, 4.69) is 26.2 Å². The van der Waals surface area contributed by atoms with Crippen LogP contribution in [0.3, 0.4) is 0 Å². The Bertz CT molecular complexity index is 1560. The lowest BCUT2D eigenvalue weighted by molar-refractivity contribution is -0.405. The molecule has 3 aromatic rings. The Kier molecular flexibility index (Phi) is 10.2. The molecule has 1 saturated carbocycles. The van der Waals surface area contributed by atoms with Gasteiger partial charge in [0.1, 0.15) is 11.0 Å². The van der Waals surface area contributed by atoms with Crippen molar-refractivity contribution in [3.8, 4) is 0 Å². The van der Waals surface area contributed by atoms with Gasteiger partial charge in [-0.25, -0.2) is 27.3 Å². The number of hydrogen-bond acceptors (Lipinski definition) is 8. The molecule has 0 spiro atoms.